The van der Waals surface area contributed by atoms with Crippen LogP contribution in [-0.2, 0) is 4.79 Å². The largest absolute Gasteiger partial charge is 0.320 e. The van der Waals surface area contributed by atoms with Crippen molar-refractivity contribution in [2.24, 2.45) is 0 Å². The number of hydrogen-bond donors (Lipinski definition) is 1. The van der Waals surface area contributed by atoms with Crippen LogP contribution in [0, 0.1) is 17.0 Å². The number of nitro groups is 1. The fourth-order valence-corrected chi connectivity index (χ4v) is 3.10. The van der Waals surface area contributed by atoms with Gasteiger partial charge in [0.05, 0.1) is 16.4 Å². The first-order chi connectivity index (χ1) is 12.6. The van der Waals surface area contributed by atoms with E-state index in [1.165, 1.54) is 23.9 Å². The third-order valence-electron chi connectivity index (χ3n) is 3.60. The highest BCUT2D eigenvalue weighted by Gasteiger charge is 2.16. The molecule has 3 rings (SSSR count). The minimum Gasteiger partial charge on any atom is -0.320 e. The number of thioether (sulfide) groups is 1. The van der Waals surface area contributed by atoms with Crippen LogP contribution in [0.3, 0.4) is 0 Å². The lowest BCUT2D eigenvalue weighted by Gasteiger charge is -2.09. The summed E-state index contributed by atoms with van der Waals surface area (Å²) in [4.78, 5) is 22.7. The normalized spacial score (nSPS) is 10.5. The molecule has 132 valence electrons. The lowest BCUT2D eigenvalue weighted by molar-refractivity contribution is -0.383. The Morgan fingerprint density at radius 2 is 1.96 bits per heavy atom. The molecule has 0 unspecified atom stereocenters. The van der Waals surface area contributed by atoms with Crippen LogP contribution < -0.4 is 5.32 Å². The Balaban J connectivity index is 1.69. The van der Waals surface area contributed by atoms with E-state index in [9.17, 15) is 14.9 Å². The number of nitro benzene ring substituents is 1. The van der Waals surface area contributed by atoms with Gasteiger partial charge in [0.2, 0.25) is 5.91 Å². The maximum absolute atomic E-state index is 12.2. The molecule has 0 bridgehead atoms. The van der Waals surface area contributed by atoms with Crippen LogP contribution >= 0.6 is 11.8 Å². The van der Waals surface area contributed by atoms with Crippen molar-refractivity contribution < 1.29 is 9.72 Å². The van der Waals surface area contributed by atoms with Crippen molar-refractivity contribution in [3.63, 3.8) is 0 Å². The Morgan fingerprint density at radius 1 is 1.23 bits per heavy atom. The second-order valence-electron chi connectivity index (χ2n) is 5.38. The van der Waals surface area contributed by atoms with Crippen molar-refractivity contribution in [3.8, 4) is 5.69 Å². The topological polar surface area (TPSA) is 103 Å². The molecule has 1 amide bonds. The molecule has 3 aromatic rings. The zero-order valence-electron chi connectivity index (χ0n) is 13.8. The van der Waals surface area contributed by atoms with Crippen LogP contribution in [-0.4, -0.2) is 31.3 Å². The van der Waals surface area contributed by atoms with E-state index in [2.05, 4.69) is 15.5 Å². The average Bonchev–Trinajstić information content (AvgIpc) is 3.09. The SMILES string of the molecule is Cc1ccccc1-n1cnnc1SCC(=O)Nc1ccccc1[N+](=O)[O-]. The molecule has 0 spiro atoms. The monoisotopic (exact) mass is 369 g/mol. The van der Waals surface area contributed by atoms with E-state index >= 15 is 0 Å². The van der Waals surface area contributed by atoms with Gasteiger partial charge in [0.15, 0.2) is 5.16 Å². The van der Waals surface area contributed by atoms with Gasteiger partial charge in [-0.25, -0.2) is 0 Å². The predicted octanol–water partition coefficient (Wildman–Crippen LogP) is 3.21. The fourth-order valence-electron chi connectivity index (χ4n) is 2.38. The third-order valence-corrected chi connectivity index (χ3v) is 4.54. The smallest absolute Gasteiger partial charge is 0.292 e. The summed E-state index contributed by atoms with van der Waals surface area (Å²) >= 11 is 1.21. The molecule has 0 atom stereocenters. The fraction of sp³-hybridized carbons (Fsp3) is 0.118. The van der Waals surface area contributed by atoms with Gasteiger partial charge < -0.3 is 5.32 Å². The zero-order valence-corrected chi connectivity index (χ0v) is 14.6. The van der Waals surface area contributed by atoms with E-state index in [0.29, 0.717) is 5.16 Å². The van der Waals surface area contributed by atoms with E-state index in [0.717, 1.165) is 11.3 Å². The molecule has 0 saturated carbocycles. The van der Waals surface area contributed by atoms with E-state index in [4.69, 9.17) is 0 Å². The highest BCUT2D eigenvalue weighted by Crippen LogP contribution is 2.25. The Kier molecular flexibility index (Phi) is 5.28. The van der Waals surface area contributed by atoms with Gasteiger partial charge in [-0.2, -0.15) is 0 Å². The van der Waals surface area contributed by atoms with Gasteiger partial charge in [0.25, 0.3) is 5.69 Å². The molecule has 26 heavy (non-hydrogen) atoms. The third kappa shape index (κ3) is 3.89. The number of aromatic nitrogens is 3. The van der Waals surface area contributed by atoms with Crippen LogP contribution in [0.25, 0.3) is 5.69 Å². The van der Waals surface area contributed by atoms with E-state index in [1.54, 1.807) is 23.0 Å². The molecule has 0 fully saturated rings. The molecule has 0 aliphatic heterocycles. The van der Waals surface area contributed by atoms with Crippen molar-refractivity contribution in [1.82, 2.24) is 14.8 Å². The maximum Gasteiger partial charge on any atom is 0.292 e. The molecule has 9 heteroatoms. The first-order valence-electron chi connectivity index (χ1n) is 7.68. The van der Waals surface area contributed by atoms with Crippen molar-refractivity contribution in [2.75, 3.05) is 11.1 Å². The van der Waals surface area contributed by atoms with Gasteiger partial charge in [-0.05, 0) is 24.6 Å². The summed E-state index contributed by atoms with van der Waals surface area (Å²) in [7, 11) is 0. The number of para-hydroxylation sites is 3. The van der Waals surface area contributed by atoms with Gasteiger partial charge in [-0.3, -0.25) is 19.5 Å². The van der Waals surface area contributed by atoms with E-state index < -0.39 is 4.92 Å². The minimum absolute atomic E-state index is 0.0522. The molecule has 0 saturated heterocycles. The van der Waals surface area contributed by atoms with Crippen LogP contribution in [0.15, 0.2) is 60.0 Å². The van der Waals surface area contributed by atoms with Crippen molar-refractivity contribution in [3.05, 3.63) is 70.5 Å². The zero-order chi connectivity index (χ0) is 18.5. The molecule has 0 radical (unpaired) electrons. The molecule has 1 heterocycles. The summed E-state index contributed by atoms with van der Waals surface area (Å²) in [5, 5.41) is 22.1. The second-order valence-corrected chi connectivity index (χ2v) is 6.32. The Morgan fingerprint density at radius 3 is 2.73 bits per heavy atom. The Labute approximate surface area is 153 Å². The van der Waals surface area contributed by atoms with E-state index in [-0.39, 0.29) is 23.0 Å². The van der Waals surface area contributed by atoms with Gasteiger partial charge in [-0.1, -0.05) is 42.1 Å². The highest BCUT2D eigenvalue weighted by molar-refractivity contribution is 7.99. The minimum atomic E-state index is -0.530. The van der Waals surface area contributed by atoms with Crippen molar-refractivity contribution >= 4 is 29.0 Å². The van der Waals surface area contributed by atoms with Gasteiger partial charge in [-0.15, -0.1) is 10.2 Å². The molecular weight excluding hydrogens is 354 g/mol. The summed E-state index contributed by atoms with van der Waals surface area (Å²) < 4.78 is 1.80. The lowest BCUT2D eigenvalue weighted by Crippen LogP contribution is -2.15. The first kappa shape index (κ1) is 17.6. The number of carbonyl (C=O) groups excluding carboxylic acids is 1. The summed E-state index contributed by atoms with van der Waals surface area (Å²) in [5.41, 5.74) is 2.01. The molecular formula is C17H15N5O3S. The van der Waals surface area contributed by atoms with Gasteiger partial charge in [0, 0.05) is 6.07 Å². The number of carbonyl (C=O) groups is 1. The molecule has 0 aliphatic carbocycles. The second kappa shape index (κ2) is 7.79. The van der Waals surface area contributed by atoms with Crippen molar-refractivity contribution in [2.45, 2.75) is 12.1 Å². The average molecular weight is 369 g/mol. The molecule has 8 nitrogen and oxygen atoms in total. The molecule has 0 aliphatic rings. The quantitative estimate of drug-likeness (QED) is 0.406. The molecule has 1 N–H and O–H groups in total. The first-order valence-corrected chi connectivity index (χ1v) is 8.67. The molecule has 2 aromatic carbocycles. The van der Waals surface area contributed by atoms with Crippen LogP contribution in [0.2, 0.25) is 0 Å². The number of benzene rings is 2. The standard InChI is InChI=1S/C17H15N5O3S/c1-12-6-2-4-8-14(12)21-11-18-20-17(21)26-10-16(23)19-13-7-3-5-9-15(13)22(24)25/h2-9,11H,10H2,1H3,(H,19,23). The number of nitrogens with one attached hydrogen (secondary N) is 1. The number of rotatable bonds is 6. The Bertz CT molecular complexity index is 957. The van der Waals surface area contributed by atoms with Crippen LogP contribution in [0.5, 0.6) is 0 Å². The van der Waals surface area contributed by atoms with Gasteiger partial charge in [0.1, 0.15) is 12.0 Å². The lowest BCUT2D eigenvalue weighted by atomic mass is 10.2. The maximum atomic E-state index is 12.2. The summed E-state index contributed by atoms with van der Waals surface area (Å²) in [5.74, 6) is -0.306. The van der Waals surface area contributed by atoms with Crippen LogP contribution in [0.1, 0.15) is 5.56 Å². The Hall–Kier alpha value is -3.20. The number of anilines is 1. The summed E-state index contributed by atoms with van der Waals surface area (Å²) in [6, 6.07) is 13.8. The number of nitrogens with zero attached hydrogens (tertiary/aromatic N) is 4. The summed E-state index contributed by atoms with van der Waals surface area (Å²) in [6.07, 6.45) is 1.59. The highest BCUT2D eigenvalue weighted by atomic mass is 32.2. The number of aryl methyl sites for hydroxylation is 1. The number of hydrogen-bond acceptors (Lipinski definition) is 6. The van der Waals surface area contributed by atoms with E-state index in [1.807, 2.05) is 31.2 Å². The number of amides is 1. The van der Waals surface area contributed by atoms with Gasteiger partial charge >= 0.3 is 0 Å². The van der Waals surface area contributed by atoms with Crippen molar-refractivity contribution in [1.29, 1.82) is 0 Å². The van der Waals surface area contributed by atoms with Crippen LogP contribution in [0.4, 0.5) is 11.4 Å². The predicted molar refractivity (Wildman–Crippen MR) is 98.5 cm³/mol. The summed E-state index contributed by atoms with van der Waals surface area (Å²) in [6.45, 7) is 1.98. The molecule has 1 aromatic heterocycles.